The largest absolute Gasteiger partial charge is 0.597 e. The number of benzene rings is 3. The lowest BCUT2D eigenvalue weighted by atomic mass is 10.0. The molecule has 0 saturated carbocycles. The van der Waals surface area contributed by atoms with Gasteiger partial charge in [0.05, 0.1) is 17.9 Å². The molecular formula is C20H19NOS. The molecule has 3 aromatic carbocycles. The van der Waals surface area contributed by atoms with Crippen molar-refractivity contribution in [3.05, 3.63) is 108 Å². The van der Waals surface area contributed by atoms with Crippen molar-refractivity contribution in [1.29, 1.82) is 0 Å². The van der Waals surface area contributed by atoms with E-state index < -0.39 is 11.4 Å². The van der Waals surface area contributed by atoms with Crippen LogP contribution in [0.15, 0.2) is 91.0 Å². The van der Waals surface area contributed by atoms with Crippen LogP contribution in [0.4, 0.5) is 0 Å². The van der Waals surface area contributed by atoms with Gasteiger partial charge in [0.2, 0.25) is 0 Å². The molecule has 3 heteroatoms. The Labute approximate surface area is 140 Å². The molecule has 0 bridgehead atoms. The van der Waals surface area contributed by atoms with Crippen molar-refractivity contribution in [2.45, 2.75) is 11.8 Å². The van der Waals surface area contributed by atoms with E-state index in [0.717, 1.165) is 16.7 Å². The first-order valence-electron chi connectivity index (χ1n) is 7.62. The minimum absolute atomic E-state index is 0.180. The van der Waals surface area contributed by atoms with Gasteiger partial charge in [-0.2, -0.15) is 0 Å². The third-order valence-corrected chi connectivity index (χ3v) is 5.08. The van der Waals surface area contributed by atoms with E-state index in [1.54, 1.807) is 0 Å². The fourth-order valence-corrected chi connectivity index (χ4v) is 3.81. The monoisotopic (exact) mass is 321 g/mol. The van der Waals surface area contributed by atoms with Crippen LogP contribution in [0.25, 0.3) is 0 Å². The van der Waals surface area contributed by atoms with Crippen molar-refractivity contribution in [2.75, 3.05) is 0 Å². The number of hydrogen-bond acceptors (Lipinski definition) is 2. The smallest absolute Gasteiger partial charge is 0.185 e. The minimum Gasteiger partial charge on any atom is -0.597 e. The Morgan fingerprint density at radius 1 is 0.696 bits per heavy atom. The Balaban J connectivity index is 1.80. The summed E-state index contributed by atoms with van der Waals surface area (Å²) in [5.41, 5.74) is 3.23. The summed E-state index contributed by atoms with van der Waals surface area (Å²) in [4.78, 5) is 0. The minimum atomic E-state index is -1.21. The predicted octanol–water partition coefficient (Wildman–Crippen LogP) is 4.23. The van der Waals surface area contributed by atoms with Crippen LogP contribution in [-0.2, 0) is 17.9 Å². The molecule has 23 heavy (non-hydrogen) atoms. The molecule has 0 fully saturated rings. The molecule has 0 aliphatic heterocycles. The van der Waals surface area contributed by atoms with Gasteiger partial charge < -0.3 is 4.55 Å². The Bertz CT molecular complexity index is 664. The fraction of sp³-hybridized carbons (Fsp3) is 0.100. The van der Waals surface area contributed by atoms with Crippen LogP contribution >= 0.6 is 0 Å². The highest BCUT2D eigenvalue weighted by atomic mass is 32.2. The van der Waals surface area contributed by atoms with Crippen molar-refractivity contribution in [3.8, 4) is 0 Å². The molecule has 0 radical (unpaired) electrons. The Morgan fingerprint density at radius 2 is 1.13 bits per heavy atom. The lowest BCUT2D eigenvalue weighted by Crippen LogP contribution is -2.29. The predicted molar refractivity (Wildman–Crippen MR) is 96.2 cm³/mol. The maximum atomic E-state index is 12.9. The van der Waals surface area contributed by atoms with Crippen molar-refractivity contribution in [3.63, 3.8) is 0 Å². The van der Waals surface area contributed by atoms with Crippen LogP contribution in [0.3, 0.4) is 0 Å². The van der Waals surface area contributed by atoms with Crippen LogP contribution in [0.2, 0.25) is 0 Å². The summed E-state index contributed by atoms with van der Waals surface area (Å²) < 4.78 is 16.1. The second kappa shape index (κ2) is 7.97. The van der Waals surface area contributed by atoms with Crippen LogP contribution in [-0.4, -0.2) is 4.55 Å². The summed E-state index contributed by atoms with van der Waals surface area (Å²) in [6.07, 6.45) is 0. The van der Waals surface area contributed by atoms with Crippen molar-refractivity contribution in [2.24, 2.45) is 0 Å². The zero-order valence-electron chi connectivity index (χ0n) is 12.8. The van der Waals surface area contributed by atoms with Gasteiger partial charge in [-0.15, -0.1) is 4.72 Å². The number of rotatable bonds is 6. The van der Waals surface area contributed by atoms with Gasteiger partial charge >= 0.3 is 0 Å². The van der Waals surface area contributed by atoms with E-state index >= 15 is 0 Å². The molecular weight excluding hydrogens is 302 g/mol. The molecule has 0 spiro atoms. The Morgan fingerprint density at radius 3 is 1.61 bits per heavy atom. The highest BCUT2D eigenvalue weighted by molar-refractivity contribution is 7.89. The lowest BCUT2D eigenvalue weighted by Gasteiger charge is -2.22. The molecule has 0 saturated heterocycles. The molecule has 116 valence electrons. The molecule has 1 atom stereocenters. The Hall–Kier alpha value is -2.07. The summed E-state index contributed by atoms with van der Waals surface area (Å²) in [6.45, 7) is 0.587. The van der Waals surface area contributed by atoms with Gasteiger partial charge in [-0.05, 0) is 5.56 Å². The second-order valence-electron chi connectivity index (χ2n) is 5.31. The van der Waals surface area contributed by atoms with E-state index in [1.165, 1.54) is 0 Å². The maximum Gasteiger partial charge on any atom is 0.185 e. The van der Waals surface area contributed by atoms with Crippen LogP contribution in [0.5, 0.6) is 0 Å². The summed E-state index contributed by atoms with van der Waals surface area (Å²) in [7, 11) is 0. The van der Waals surface area contributed by atoms with Gasteiger partial charge in [-0.1, -0.05) is 91.0 Å². The van der Waals surface area contributed by atoms with Gasteiger partial charge in [-0.3, -0.25) is 0 Å². The maximum absolute atomic E-state index is 12.9. The number of nitrogens with one attached hydrogen (secondary N) is 1. The van der Waals surface area contributed by atoms with Crippen LogP contribution in [0, 0.1) is 0 Å². The van der Waals surface area contributed by atoms with Crippen molar-refractivity contribution in [1.82, 2.24) is 4.72 Å². The molecule has 1 N–H and O–H groups in total. The van der Waals surface area contributed by atoms with Crippen LogP contribution in [0.1, 0.15) is 21.9 Å². The van der Waals surface area contributed by atoms with Crippen LogP contribution < -0.4 is 4.72 Å². The fourth-order valence-electron chi connectivity index (χ4n) is 2.53. The van der Waals surface area contributed by atoms with E-state index in [1.807, 2.05) is 91.0 Å². The highest BCUT2D eigenvalue weighted by Crippen LogP contribution is 2.29. The molecule has 0 aromatic heterocycles. The first kappa shape index (κ1) is 15.8. The van der Waals surface area contributed by atoms with E-state index in [2.05, 4.69) is 4.72 Å². The molecule has 3 rings (SSSR count). The zero-order chi connectivity index (χ0) is 15.9. The summed E-state index contributed by atoms with van der Waals surface area (Å²) >= 11 is -1.21. The first-order valence-corrected chi connectivity index (χ1v) is 8.84. The topological polar surface area (TPSA) is 35.1 Å². The van der Waals surface area contributed by atoms with Gasteiger partial charge in [0, 0.05) is 11.1 Å². The van der Waals surface area contributed by atoms with E-state index in [0.29, 0.717) is 6.54 Å². The third-order valence-electron chi connectivity index (χ3n) is 3.68. The van der Waals surface area contributed by atoms with Gasteiger partial charge in [-0.25, -0.2) is 0 Å². The summed E-state index contributed by atoms with van der Waals surface area (Å²) in [6, 6.07) is 30.0. The van der Waals surface area contributed by atoms with Gasteiger partial charge in [0.1, 0.15) is 0 Å². The molecule has 0 amide bonds. The average molecular weight is 321 g/mol. The Kier molecular flexibility index (Phi) is 5.48. The quantitative estimate of drug-likeness (QED) is 0.690. The van der Waals surface area contributed by atoms with Gasteiger partial charge in [0.25, 0.3) is 0 Å². The van der Waals surface area contributed by atoms with E-state index in [4.69, 9.17) is 0 Å². The third kappa shape index (κ3) is 4.23. The molecule has 0 aliphatic rings. The highest BCUT2D eigenvalue weighted by Gasteiger charge is 2.26. The average Bonchev–Trinajstić information content (AvgIpc) is 2.63. The molecule has 1 unspecified atom stereocenters. The lowest BCUT2D eigenvalue weighted by molar-refractivity contribution is 0.573. The van der Waals surface area contributed by atoms with Crippen molar-refractivity contribution < 1.29 is 4.55 Å². The first-order chi connectivity index (χ1) is 11.3. The standard InChI is InChI=1S/C20H19NOS/c22-23(21-16-17-10-4-1-5-11-17)20(18-12-6-2-7-13-18)19-14-8-3-9-15-19/h1-15,20-21H,16H2. The van der Waals surface area contributed by atoms with E-state index in [9.17, 15) is 4.55 Å². The van der Waals surface area contributed by atoms with Gasteiger partial charge in [0.15, 0.2) is 5.25 Å². The van der Waals surface area contributed by atoms with E-state index in [-0.39, 0.29) is 5.25 Å². The summed E-state index contributed by atoms with van der Waals surface area (Å²) in [5, 5.41) is -0.180. The molecule has 0 heterocycles. The number of hydrogen-bond donors (Lipinski definition) is 1. The molecule has 0 aliphatic carbocycles. The molecule has 3 aromatic rings. The second-order valence-corrected chi connectivity index (χ2v) is 6.66. The normalized spacial score (nSPS) is 12.3. The molecule has 2 nitrogen and oxygen atoms in total. The van der Waals surface area contributed by atoms with Crippen molar-refractivity contribution >= 4 is 11.4 Å². The zero-order valence-corrected chi connectivity index (χ0v) is 13.6. The summed E-state index contributed by atoms with van der Waals surface area (Å²) in [5.74, 6) is 0. The SMILES string of the molecule is [O-][S+](NCc1ccccc1)C(c1ccccc1)c1ccccc1.